The van der Waals surface area contributed by atoms with Crippen LogP contribution in [0.15, 0.2) is 78.9 Å². The second-order valence-electron chi connectivity index (χ2n) is 8.79. The minimum absolute atomic E-state index is 0. The Labute approximate surface area is 225 Å². The van der Waals surface area contributed by atoms with E-state index < -0.39 is 22.7 Å². The number of rotatable bonds is 9. The summed E-state index contributed by atoms with van der Waals surface area (Å²) in [4.78, 5) is 14.8. The number of ether oxygens (including phenoxy) is 2. The summed E-state index contributed by atoms with van der Waals surface area (Å²) < 4.78 is 35.2. The molecule has 192 valence electrons. The van der Waals surface area contributed by atoms with Gasteiger partial charge in [0.15, 0.2) is 0 Å². The molecule has 1 saturated heterocycles. The van der Waals surface area contributed by atoms with Crippen LogP contribution < -0.4 is 9.09 Å². The van der Waals surface area contributed by atoms with Gasteiger partial charge in [-0.3, -0.25) is 4.79 Å². The van der Waals surface area contributed by atoms with Gasteiger partial charge in [-0.2, -0.15) is 0 Å². The average molecular weight is 592 g/mol. The molecule has 9 heteroatoms. The molecule has 3 aromatic rings. The Bertz CT molecular complexity index is 1210. The molecule has 0 N–H and O–H groups in total. The van der Waals surface area contributed by atoms with Crippen molar-refractivity contribution >= 4 is 45.4 Å². The number of hydrogen-bond acceptors (Lipinski definition) is 6. The van der Waals surface area contributed by atoms with Crippen molar-refractivity contribution in [2.45, 2.75) is 26.0 Å². The molecule has 36 heavy (non-hydrogen) atoms. The molecule has 1 fully saturated rings. The molecule has 0 aliphatic carbocycles. The number of carbonyl (C=O) groups excluding carboxylic acids is 1. The molecule has 1 aliphatic rings. The van der Waals surface area contributed by atoms with E-state index in [9.17, 15) is 13.2 Å². The molecular formula is C27H31AsClNO5S. The van der Waals surface area contributed by atoms with Gasteiger partial charge in [0.2, 0.25) is 0 Å². The summed E-state index contributed by atoms with van der Waals surface area (Å²) in [6.07, 6.45) is 2.90. The fourth-order valence-electron chi connectivity index (χ4n) is 4.04. The standard InChI is InChI=1S/C27H30AsNO5S.ClH/c1-35(31,32)28-24-9-13-26(14-10-24)34-25-11-7-21(8-12-25)19-29-17-15-23(16-18-29)27(30)33-20-22-5-3-2-4-6-22;/h2-14,23,28H,15-20H2,1H3;1H. The largest absolute Gasteiger partial charge is 0.147 e. The second kappa shape index (κ2) is 13.3. The number of halogens is 1. The molecule has 0 bridgehead atoms. The number of nitrogens with zero attached hydrogens (tertiary/aromatic N) is 1. The van der Waals surface area contributed by atoms with Gasteiger partial charge in [-0.1, -0.05) is 30.3 Å². The Morgan fingerprint density at radius 3 is 2.06 bits per heavy atom. The summed E-state index contributed by atoms with van der Waals surface area (Å²) in [5.41, 5.74) is 2.20. The average Bonchev–Trinajstić information content (AvgIpc) is 2.85. The molecule has 0 aromatic heterocycles. The Balaban J connectivity index is 0.00000361. The van der Waals surface area contributed by atoms with Gasteiger partial charge >= 0.3 is 143 Å². The molecule has 0 radical (unpaired) electrons. The van der Waals surface area contributed by atoms with Crippen LogP contribution in [-0.4, -0.2) is 53.2 Å². The van der Waals surface area contributed by atoms with Crippen molar-refractivity contribution in [3.8, 4) is 11.5 Å². The quantitative estimate of drug-likeness (QED) is 0.278. The Morgan fingerprint density at radius 1 is 0.889 bits per heavy atom. The molecule has 1 atom stereocenters. The third-order valence-corrected chi connectivity index (χ3v) is 11.0. The van der Waals surface area contributed by atoms with Gasteiger partial charge in [0.25, 0.3) is 0 Å². The van der Waals surface area contributed by atoms with Crippen LogP contribution in [0.4, 0.5) is 0 Å². The van der Waals surface area contributed by atoms with Crippen molar-refractivity contribution in [2.75, 3.05) is 19.3 Å². The monoisotopic (exact) mass is 591 g/mol. The van der Waals surface area contributed by atoms with E-state index in [1.807, 2.05) is 66.7 Å². The first-order valence-corrected chi connectivity index (χ1v) is 17.1. The van der Waals surface area contributed by atoms with Crippen molar-refractivity contribution in [3.63, 3.8) is 0 Å². The second-order valence-corrected chi connectivity index (χ2v) is 17.7. The molecular weight excluding hydrogens is 561 g/mol. The van der Waals surface area contributed by atoms with Crippen LogP contribution in [-0.2, 0) is 30.8 Å². The van der Waals surface area contributed by atoms with Gasteiger partial charge in [-0.05, 0) is 18.4 Å². The van der Waals surface area contributed by atoms with Gasteiger partial charge < -0.3 is 4.74 Å². The predicted octanol–water partition coefficient (Wildman–Crippen LogP) is 3.88. The number of hydrogen-bond donors (Lipinski definition) is 0. The van der Waals surface area contributed by atoms with Crippen LogP contribution in [0.25, 0.3) is 0 Å². The van der Waals surface area contributed by atoms with Gasteiger partial charge in [0.05, 0.1) is 5.92 Å². The maximum absolute atomic E-state index is 12.4. The Kier molecular flexibility index (Phi) is 10.4. The SMILES string of the molecule is CS(=O)(=O)[AsH]c1ccc(Oc2ccc(CN3CCC(C(=O)OCc4ccccc4)CC3)cc2)cc1.Cl. The van der Waals surface area contributed by atoms with E-state index >= 15 is 0 Å². The summed E-state index contributed by atoms with van der Waals surface area (Å²) in [6.45, 7) is 2.90. The van der Waals surface area contributed by atoms with Crippen molar-refractivity contribution in [1.29, 1.82) is 0 Å². The van der Waals surface area contributed by atoms with E-state index in [0.29, 0.717) is 12.4 Å². The van der Waals surface area contributed by atoms with E-state index in [4.69, 9.17) is 9.47 Å². The summed E-state index contributed by atoms with van der Waals surface area (Å²) in [7, 11) is -2.93. The van der Waals surface area contributed by atoms with E-state index in [2.05, 4.69) is 17.0 Å². The minimum atomic E-state index is -2.93. The predicted molar refractivity (Wildman–Crippen MR) is 146 cm³/mol. The summed E-state index contributed by atoms with van der Waals surface area (Å²) in [5.74, 6) is 1.29. The van der Waals surface area contributed by atoms with Gasteiger partial charge in [-0.15, -0.1) is 12.4 Å². The number of piperidine rings is 1. The van der Waals surface area contributed by atoms with E-state index in [-0.39, 0.29) is 24.3 Å². The molecule has 0 saturated carbocycles. The van der Waals surface area contributed by atoms with Gasteiger partial charge in [0, 0.05) is 0 Å². The van der Waals surface area contributed by atoms with Crippen LogP contribution >= 0.6 is 12.4 Å². The van der Waals surface area contributed by atoms with Crippen LogP contribution in [0.5, 0.6) is 11.5 Å². The minimum Gasteiger partial charge on any atom is -0.147 e. The molecule has 3 aromatic carbocycles. The molecule has 0 spiro atoms. The van der Waals surface area contributed by atoms with Crippen LogP contribution in [0.2, 0.25) is 0 Å². The smallest absolute Gasteiger partial charge is 0.147 e. The van der Waals surface area contributed by atoms with Crippen LogP contribution in [0.3, 0.4) is 0 Å². The third kappa shape index (κ3) is 8.97. The van der Waals surface area contributed by atoms with Crippen molar-refractivity contribution in [2.24, 2.45) is 5.92 Å². The number of likely N-dealkylation sites (tertiary alicyclic amines) is 1. The first-order valence-electron chi connectivity index (χ1n) is 11.6. The van der Waals surface area contributed by atoms with Crippen molar-refractivity contribution < 1.29 is 22.7 Å². The topological polar surface area (TPSA) is 72.9 Å². The Morgan fingerprint density at radius 2 is 1.47 bits per heavy atom. The number of esters is 1. The summed E-state index contributed by atoms with van der Waals surface area (Å²) in [6, 6.07) is 25.0. The molecule has 1 unspecified atom stereocenters. The van der Waals surface area contributed by atoms with E-state index in [1.54, 1.807) is 0 Å². The molecule has 6 nitrogen and oxygen atoms in total. The summed E-state index contributed by atoms with van der Waals surface area (Å²) in [5, 5.41) is 0. The third-order valence-electron chi connectivity index (χ3n) is 5.87. The first kappa shape index (κ1) is 28.3. The van der Waals surface area contributed by atoms with E-state index in [0.717, 1.165) is 48.1 Å². The fourth-order valence-corrected chi connectivity index (χ4v) is 8.50. The van der Waals surface area contributed by atoms with Crippen LogP contribution in [0.1, 0.15) is 24.0 Å². The number of carbonyl (C=O) groups is 1. The maximum Gasteiger partial charge on any atom is -0.147 e. The zero-order chi connectivity index (χ0) is 24.7. The van der Waals surface area contributed by atoms with Gasteiger partial charge in [0.1, 0.15) is 6.61 Å². The summed E-state index contributed by atoms with van der Waals surface area (Å²) >= 11 is -1.18. The maximum atomic E-state index is 12.4. The zero-order valence-electron chi connectivity index (χ0n) is 20.1. The normalized spacial score (nSPS) is 14.9. The zero-order valence-corrected chi connectivity index (χ0v) is 23.9. The molecule has 4 rings (SSSR count). The Hall–Kier alpha value is -2.31. The van der Waals surface area contributed by atoms with Crippen molar-refractivity contribution in [3.05, 3.63) is 90.0 Å². The van der Waals surface area contributed by atoms with Crippen molar-refractivity contribution in [1.82, 2.24) is 4.90 Å². The van der Waals surface area contributed by atoms with E-state index in [1.165, 1.54) is 11.8 Å². The molecule has 1 heterocycles. The molecule has 1 aliphatic heterocycles. The molecule has 0 amide bonds. The first-order chi connectivity index (χ1) is 16.8. The fraction of sp³-hybridized carbons (Fsp3) is 0.296. The van der Waals surface area contributed by atoms with Gasteiger partial charge in [-0.25, -0.2) is 0 Å². The number of benzene rings is 3. The van der Waals surface area contributed by atoms with Crippen LogP contribution in [0, 0.1) is 5.92 Å².